The zero-order valence-corrected chi connectivity index (χ0v) is 11.0. The molecule has 0 aromatic heterocycles. The van der Waals surface area contributed by atoms with Gasteiger partial charge in [-0.05, 0) is 36.4 Å². The van der Waals surface area contributed by atoms with E-state index in [4.69, 9.17) is 0 Å². The van der Waals surface area contributed by atoms with E-state index in [9.17, 15) is 18.0 Å². The fraction of sp³-hybridized carbons (Fsp3) is 0. The summed E-state index contributed by atoms with van der Waals surface area (Å²) >= 11 is 2.92. The SMILES string of the molecule is O=C(Nc1ccc(F)cc1)c1c(F)cc(Br)cc1F. The van der Waals surface area contributed by atoms with E-state index in [1.54, 1.807) is 0 Å². The standard InChI is InChI=1S/C13H7BrF3NO/c14-7-5-10(16)12(11(17)6-7)13(19)18-9-3-1-8(15)2-4-9/h1-6H,(H,18,19). The summed E-state index contributed by atoms with van der Waals surface area (Å²) in [6.07, 6.45) is 0. The van der Waals surface area contributed by atoms with Crippen LogP contribution in [0.25, 0.3) is 0 Å². The summed E-state index contributed by atoms with van der Waals surface area (Å²) in [6.45, 7) is 0. The summed E-state index contributed by atoms with van der Waals surface area (Å²) in [7, 11) is 0. The number of rotatable bonds is 2. The fourth-order valence-electron chi connectivity index (χ4n) is 1.49. The number of hydrogen-bond donors (Lipinski definition) is 1. The van der Waals surface area contributed by atoms with E-state index in [-0.39, 0.29) is 10.2 Å². The maximum Gasteiger partial charge on any atom is 0.261 e. The normalized spacial score (nSPS) is 10.3. The number of benzene rings is 2. The van der Waals surface area contributed by atoms with Crippen LogP contribution < -0.4 is 5.32 Å². The lowest BCUT2D eigenvalue weighted by Crippen LogP contribution is -2.15. The molecule has 0 heterocycles. The Hall–Kier alpha value is -1.82. The Morgan fingerprint density at radius 1 is 1.00 bits per heavy atom. The van der Waals surface area contributed by atoms with E-state index in [0.717, 1.165) is 24.3 Å². The molecule has 0 spiro atoms. The smallest absolute Gasteiger partial charge is 0.261 e. The molecule has 0 aliphatic heterocycles. The lowest BCUT2D eigenvalue weighted by atomic mass is 10.1. The second-order valence-corrected chi connectivity index (χ2v) is 4.62. The summed E-state index contributed by atoms with van der Waals surface area (Å²) in [5.41, 5.74) is -0.444. The molecule has 0 bridgehead atoms. The van der Waals surface area contributed by atoms with Crippen molar-refractivity contribution in [1.82, 2.24) is 0 Å². The molecule has 0 unspecified atom stereocenters. The molecular weight excluding hydrogens is 323 g/mol. The third kappa shape index (κ3) is 3.14. The molecule has 0 fully saturated rings. The highest BCUT2D eigenvalue weighted by Gasteiger charge is 2.18. The van der Waals surface area contributed by atoms with Crippen LogP contribution in [-0.2, 0) is 0 Å². The molecule has 1 N–H and O–H groups in total. The van der Waals surface area contributed by atoms with Crippen molar-refractivity contribution in [3.8, 4) is 0 Å². The zero-order chi connectivity index (χ0) is 14.0. The van der Waals surface area contributed by atoms with Crippen LogP contribution in [0.2, 0.25) is 0 Å². The first kappa shape index (κ1) is 13.6. The van der Waals surface area contributed by atoms with Gasteiger partial charge in [0.05, 0.1) is 0 Å². The fourth-order valence-corrected chi connectivity index (χ4v) is 1.89. The number of halogens is 4. The van der Waals surface area contributed by atoms with Gasteiger partial charge in [-0.3, -0.25) is 4.79 Å². The van der Waals surface area contributed by atoms with Crippen molar-refractivity contribution in [2.24, 2.45) is 0 Å². The first-order valence-corrected chi connectivity index (χ1v) is 5.98. The number of carbonyl (C=O) groups is 1. The van der Waals surface area contributed by atoms with Gasteiger partial charge >= 0.3 is 0 Å². The molecule has 0 saturated heterocycles. The lowest BCUT2D eigenvalue weighted by molar-refractivity contribution is 0.101. The summed E-state index contributed by atoms with van der Waals surface area (Å²) in [5.74, 6) is -3.37. The van der Waals surface area contributed by atoms with Gasteiger partial charge in [0.2, 0.25) is 0 Å². The van der Waals surface area contributed by atoms with Crippen molar-refractivity contribution in [3.05, 3.63) is 63.9 Å². The second-order valence-electron chi connectivity index (χ2n) is 3.71. The van der Waals surface area contributed by atoms with Crippen molar-refractivity contribution >= 4 is 27.5 Å². The van der Waals surface area contributed by atoms with Crippen molar-refractivity contribution < 1.29 is 18.0 Å². The molecule has 98 valence electrons. The van der Waals surface area contributed by atoms with E-state index < -0.39 is 28.9 Å². The number of amides is 1. The van der Waals surface area contributed by atoms with Gasteiger partial charge in [0.15, 0.2) is 0 Å². The largest absolute Gasteiger partial charge is 0.322 e. The minimum Gasteiger partial charge on any atom is -0.322 e. The van der Waals surface area contributed by atoms with Gasteiger partial charge in [-0.25, -0.2) is 13.2 Å². The van der Waals surface area contributed by atoms with Crippen LogP contribution in [0.5, 0.6) is 0 Å². The highest BCUT2D eigenvalue weighted by atomic mass is 79.9. The average molecular weight is 330 g/mol. The molecule has 0 radical (unpaired) electrons. The molecule has 2 aromatic carbocycles. The number of hydrogen-bond acceptors (Lipinski definition) is 1. The molecule has 0 aliphatic rings. The molecule has 2 rings (SSSR count). The molecule has 0 aliphatic carbocycles. The average Bonchev–Trinajstić information content (AvgIpc) is 2.30. The van der Waals surface area contributed by atoms with Gasteiger partial charge in [0.25, 0.3) is 5.91 Å². The van der Waals surface area contributed by atoms with E-state index in [1.807, 2.05) is 0 Å². The molecule has 6 heteroatoms. The maximum absolute atomic E-state index is 13.5. The first-order valence-electron chi connectivity index (χ1n) is 5.19. The molecular formula is C13H7BrF3NO. The number of anilines is 1. The van der Waals surface area contributed by atoms with E-state index >= 15 is 0 Å². The number of nitrogens with one attached hydrogen (secondary N) is 1. The van der Waals surface area contributed by atoms with Gasteiger partial charge in [0, 0.05) is 10.2 Å². The van der Waals surface area contributed by atoms with Crippen molar-refractivity contribution in [3.63, 3.8) is 0 Å². The Labute approximate surface area is 115 Å². The van der Waals surface area contributed by atoms with Gasteiger partial charge in [-0.15, -0.1) is 0 Å². The Morgan fingerprint density at radius 2 is 1.53 bits per heavy atom. The molecule has 1 amide bonds. The van der Waals surface area contributed by atoms with Crippen LogP contribution >= 0.6 is 15.9 Å². The molecule has 0 atom stereocenters. The minimum absolute atomic E-state index is 0.195. The van der Waals surface area contributed by atoms with E-state index in [1.165, 1.54) is 12.1 Å². The molecule has 0 saturated carbocycles. The molecule has 2 nitrogen and oxygen atoms in total. The van der Waals surface area contributed by atoms with Crippen molar-refractivity contribution in [2.75, 3.05) is 5.32 Å². The maximum atomic E-state index is 13.5. The highest BCUT2D eigenvalue weighted by molar-refractivity contribution is 9.10. The van der Waals surface area contributed by atoms with Crippen LogP contribution in [-0.4, -0.2) is 5.91 Å². The summed E-state index contributed by atoms with van der Waals surface area (Å²) in [5, 5.41) is 2.29. The number of carbonyl (C=O) groups excluding carboxylic acids is 1. The quantitative estimate of drug-likeness (QED) is 0.882. The molecule has 19 heavy (non-hydrogen) atoms. The topological polar surface area (TPSA) is 29.1 Å². The van der Waals surface area contributed by atoms with Gasteiger partial charge in [-0.1, -0.05) is 15.9 Å². The van der Waals surface area contributed by atoms with Crippen LogP contribution in [0.3, 0.4) is 0 Å². The predicted octanol–water partition coefficient (Wildman–Crippen LogP) is 4.12. The van der Waals surface area contributed by atoms with Gasteiger partial charge < -0.3 is 5.32 Å². The van der Waals surface area contributed by atoms with Crippen LogP contribution in [0.4, 0.5) is 18.9 Å². The second kappa shape index (κ2) is 5.44. The zero-order valence-electron chi connectivity index (χ0n) is 9.38. The summed E-state index contributed by atoms with van der Waals surface area (Å²) < 4.78 is 40.0. The van der Waals surface area contributed by atoms with Gasteiger partial charge in [0.1, 0.15) is 23.0 Å². The Kier molecular flexibility index (Phi) is 3.90. The Morgan fingerprint density at radius 3 is 2.05 bits per heavy atom. The summed E-state index contributed by atoms with van der Waals surface area (Å²) in [4.78, 5) is 11.8. The third-order valence-electron chi connectivity index (χ3n) is 2.34. The van der Waals surface area contributed by atoms with Crippen molar-refractivity contribution in [2.45, 2.75) is 0 Å². The monoisotopic (exact) mass is 329 g/mol. The van der Waals surface area contributed by atoms with E-state index in [0.29, 0.717) is 0 Å². The molecule has 2 aromatic rings. The van der Waals surface area contributed by atoms with Crippen molar-refractivity contribution in [1.29, 1.82) is 0 Å². The highest BCUT2D eigenvalue weighted by Crippen LogP contribution is 2.20. The van der Waals surface area contributed by atoms with Crippen LogP contribution in [0, 0.1) is 17.5 Å². The van der Waals surface area contributed by atoms with Crippen LogP contribution in [0.15, 0.2) is 40.9 Å². The Bertz CT molecular complexity index is 605. The predicted molar refractivity (Wildman–Crippen MR) is 68.4 cm³/mol. The Balaban J connectivity index is 2.28. The summed E-state index contributed by atoms with van der Waals surface area (Å²) in [6, 6.07) is 6.82. The van der Waals surface area contributed by atoms with E-state index in [2.05, 4.69) is 21.2 Å². The van der Waals surface area contributed by atoms with Gasteiger partial charge in [-0.2, -0.15) is 0 Å². The third-order valence-corrected chi connectivity index (χ3v) is 2.79. The minimum atomic E-state index is -0.980. The first-order chi connectivity index (χ1) is 8.97. The lowest BCUT2D eigenvalue weighted by Gasteiger charge is -2.07. The van der Waals surface area contributed by atoms with Crippen LogP contribution in [0.1, 0.15) is 10.4 Å².